The lowest BCUT2D eigenvalue weighted by Crippen LogP contribution is -2.45. The van der Waals surface area contributed by atoms with E-state index in [4.69, 9.17) is 10.5 Å². The molecule has 11 heteroatoms. The highest BCUT2D eigenvalue weighted by molar-refractivity contribution is 5.96. The van der Waals surface area contributed by atoms with Gasteiger partial charge in [0.2, 0.25) is 11.5 Å². The maximum atomic E-state index is 14.9. The van der Waals surface area contributed by atoms with Crippen molar-refractivity contribution in [2.45, 2.75) is 30.7 Å². The van der Waals surface area contributed by atoms with Crippen LogP contribution >= 0.6 is 0 Å². The van der Waals surface area contributed by atoms with Crippen molar-refractivity contribution >= 4 is 16.8 Å². The third-order valence-corrected chi connectivity index (χ3v) is 7.70. The van der Waals surface area contributed by atoms with Gasteiger partial charge in [0, 0.05) is 46.6 Å². The maximum absolute atomic E-state index is 14.9. The van der Waals surface area contributed by atoms with Gasteiger partial charge in [-0.1, -0.05) is 6.07 Å². The highest BCUT2D eigenvalue weighted by Crippen LogP contribution is 2.49. The van der Waals surface area contributed by atoms with Gasteiger partial charge in [0.15, 0.2) is 5.75 Å². The van der Waals surface area contributed by atoms with Gasteiger partial charge < -0.3 is 20.1 Å². The van der Waals surface area contributed by atoms with Crippen LogP contribution < -0.4 is 10.5 Å². The molecule has 7 nitrogen and oxygen atoms in total. The van der Waals surface area contributed by atoms with Crippen LogP contribution in [-0.4, -0.2) is 38.3 Å². The number of fused-ring (bicyclic) bond motifs is 2. The number of aliphatic hydroxyl groups is 1. The zero-order chi connectivity index (χ0) is 29.9. The van der Waals surface area contributed by atoms with Gasteiger partial charge in [0.1, 0.15) is 23.7 Å². The minimum atomic E-state index is -5.16. The molecule has 0 bridgehead atoms. The second-order valence-corrected chi connectivity index (χ2v) is 10.5. The molecule has 2 atom stereocenters. The van der Waals surface area contributed by atoms with Crippen LogP contribution in [0, 0.1) is 5.82 Å². The lowest BCUT2D eigenvalue weighted by molar-refractivity contribution is -0.268. The predicted octanol–water partition coefficient (Wildman–Crippen LogP) is 5.48. The molecule has 0 spiro atoms. The van der Waals surface area contributed by atoms with E-state index in [9.17, 15) is 27.5 Å². The molecule has 0 fully saturated rings. The Balaban J connectivity index is 1.52. The molecule has 3 N–H and O–H groups in total. The lowest BCUT2D eigenvalue weighted by Gasteiger charge is -2.32. The van der Waals surface area contributed by atoms with Crippen LogP contribution in [0.15, 0.2) is 85.2 Å². The molecule has 1 aliphatic rings. The fourth-order valence-corrected chi connectivity index (χ4v) is 5.28. The van der Waals surface area contributed by atoms with Crippen molar-refractivity contribution in [3.05, 3.63) is 114 Å². The Kier molecular flexibility index (Phi) is 6.30. The number of benzene rings is 2. The zero-order valence-electron chi connectivity index (χ0n) is 22.2. The highest BCUT2D eigenvalue weighted by atomic mass is 19.4. The highest BCUT2D eigenvalue weighted by Gasteiger charge is 2.57. The molecule has 1 amide bonds. The van der Waals surface area contributed by atoms with E-state index < -0.39 is 41.2 Å². The summed E-state index contributed by atoms with van der Waals surface area (Å²) in [4.78, 5) is 20.2. The lowest BCUT2D eigenvalue weighted by atomic mass is 9.86. The number of rotatable bonds is 6. The van der Waals surface area contributed by atoms with E-state index in [1.165, 1.54) is 60.7 Å². The van der Waals surface area contributed by atoms with Crippen LogP contribution in [0.4, 0.5) is 17.6 Å². The Morgan fingerprint density at radius 1 is 1.05 bits per heavy atom. The van der Waals surface area contributed by atoms with Crippen LogP contribution in [0.25, 0.3) is 22.2 Å². The zero-order valence-corrected chi connectivity index (χ0v) is 22.2. The van der Waals surface area contributed by atoms with Gasteiger partial charge in [-0.05, 0) is 73.7 Å². The Labute approximate surface area is 237 Å². The van der Waals surface area contributed by atoms with Crippen molar-refractivity contribution in [2.24, 2.45) is 5.73 Å². The number of carbonyl (C=O) groups is 1. The van der Waals surface area contributed by atoms with Crippen molar-refractivity contribution in [1.82, 2.24) is 14.5 Å². The quantitative estimate of drug-likeness (QED) is 0.261. The summed E-state index contributed by atoms with van der Waals surface area (Å²) in [5.41, 5.74) is 1.56. The van der Waals surface area contributed by atoms with E-state index in [2.05, 4.69) is 9.97 Å². The summed E-state index contributed by atoms with van der Waals surface area (Å²) in [7, 11) is 0. The fourth-order valence-electron chi connectivity index (χ4n) is 5.28. The van der Waals surface area contributed by atoms with Gasteiger partial charge in [0.25, 0.3) is 0 Å². The minimum absolute atomic E-state index is 0.0477. The standard InChI is InChI=1S/C31H24F4N4O3/c1-29(39-12-2-3-13-39)17-42-27-23(29)15-25(38-26(27)18-4-8-21(32)9-5-18)30(41,31(33,34)35)16-22-10-6-19-14-20(28(36)40)7-11-24(19)37-22/h2-15,41H,16-17H2,1H3,(H2,36,40)/t29-,30-/m0/s1. The molecule has 3 aromatic heterocycles. The van der Waals surface area contributed by atoms with E-state index in [0.717, 1.165) is 0 Å². The molecule has 4 heterocycles. The molecule has 6 rings (SSSR count). The number of amides is 1. The largest absolute Gasteiger partial charge is 0.488 e. The summed E-state index contributed by atoms with van der Waals surface area (Å²) in [6.07, 6.45) is -2.56. The Bertz CT molecular complexity index is 1820. The number of halogens is 4. The van der Waals surface area contributed by atoms with E-state index >= 15 is 0 Å². The SMILES string of the molecule is C[C@]1(n2cccc2)COc2c1cc([C@@](O)(Cc1ccc3cc(C(N)=O)ccc3n1)C(F)(F)F)nc2-c1ccc(F)cc1. The average Bonchev–Trinajstić information content (AvgIpc) is 3.62. The first-order valence-electron chi connectivity index (χ1n) is 13.0. The number of aromatic nitrogens is 3. The summed E-state index contributed by atoms with van der Waals surface area (Å²) in [5.74, 6) is -0.926. The smallest absolute Gasteiger partial charge is 0.423 e. The van der Waals surface area contributed by atoms with E-state index in [1.54, 1.807) is 24.5 Å². The molecule has 1 aliphatic heterocycles. The summed E-state index contributed by atoms with van der Waals surface area (Å²) >= 11 is 0. The number of hydrogen-bond acceptors (Lipinski definition) is 5. The van der Waals surface area contributed by atoms with Crippen LogP contribution in [0.5, 0.6) is 5.75 Å². The topological polar surface area (TPSA) is 103 Å². The summed E-state index contributed by atoms with van der Waals surface area (Å²) < 4.78 is 66.2. The Morgan fingerprint density at radius 3 is 2.43 bits per heavy atom. The molecule has 5 aromatic rings. The Hall–Kier alpha value is -4.77. The molecular weight excluding hydrogens is 552 g/mol. The van der Waals surface area contributed by atoms with Gasteiger partial charge >= 0.3 is 6.18 Å². The maximum Gasteiger partial charge on any atom is 0.423 e. The van der Waals surface area contributed by atoms with Crippen LogP contribution in [0.1, 0.15) is 34.2 Å². The first kappa shape index (κ1) is 27.4. The van der Waals surface area contributed by atoms with E-state index in [-0.39, 0.29) is 29.3 Å². The number of pyridine rings is 2. The van der Waals surface area contributed by atoms with Crippen molar-refractivity contribution < 1.29 is 32.2 Å². The normalized spacial score (nSPS) is 18.0. The van der Waals surface area contributed by atoms with Crippen molar-refractivity contribution in [3.63, 3.8) is 0 Å². The molecule has 2 aromatic carbocycles. The van der Waals surface area contributed by atoms with Crippen LogP contribution in [-0.2, 0) is 17.6 Å². The predicted molar refractivity (Wildman–Crippen MR) is 146 cm³/mol. The monoisotopic (exact) mass is 576 g/mol. The molecule has 0 saturated carbocycles. The molecule has 0 saturated heterocycles. The fraction of sp³-hybridized carbons (Fsp3) is 0.194. The van der Waals surface area contributed by atoms with Gasteiger partial charge in [-0.15, -0.1) is 0 Å². The van der Waals surface area contributed by atoms with Crippen molar-refractivity contribution in [3.8, 4) is 17.0 Å². The molecule has 0 radical (unpaired) electrons. The van der Waals surface area contributed by atoms with Crippen molar-refractivity contribution in [2.75, 3.05) is 6.61 Å². The molecule has 0 aliphatic carbocycles. The van der Waals surface area contributed by atoms with Crippen molar-refractivity contribution in [1.29, 1.82) is 0 Å². The van der Waals surface area contributed by atoms with Gasteiger partial charge in [-0.25, -0.2) is 9.37 Å². The number of alkyl halides is 3. The Morgan fingerprint density at radius 2 is 1.76 bits per heavy atom. The molecule has 42 heavy (non-hydrogen) atoms. The summed E-state index contributed by atoms with van der Waals surface area (Å²) in [6, 6.07) is 17.2. The first-order valence-corrected chi connectivity index (χ1v) is 13.0. The number of nitrogens with two attached hydrogens (primary N) is 1. The van der Waals surface area contributed by atoms with Crippen LogP contribution in [0.3, 0.4) is 0 Å². The second kappa shape index (κ2) is 9.66. The van der Waals surface area contributed by atoms with Gasteiger partial charge in [-0.3, -0.25) is 9.78 Å². The average molecular weight is 577 g/mol. The third kappa shape index (κ3) is 4.46. The molecular formula is C31H24F4N4O3. The number of primary amides is 1. The van der Waals surface area contributed by atoms with E-state index in [0.29, 0.717) is 22.0 Å². The minimum Gasteiger partial charge on any atom is -0.488 e. The number of nitrogens with zero attached hydrogens (tertiary/aromatic N) is 3. The number of ether oxygens (including phenoxy) is 1. The van der Waals surface area contributed by atoms with E-state index in [1.807, 2.05) is 11.5 Å². The third-order valence-electron chi connectivity index (χ3n) is 7.70. The molecule has 214 valence electrons. The second-order valence-electron chi connectivity index (χ2n) is 10.5. The summed E-state index contributed by atoms with van der Waals surface area (Å²) in [6.45, 7) is 1.91. The first-order chi connectivity index (χ1) is 19.9. The van der Waals surface area contributed by atoms with Crippen LogP contribution in [0.2, 0.25) is 0 Å². The molecule has 0 unspecified atom stereocenters. The van der Waals surface area contributed by atoms with Gasteiger partial charge in [-0.2, -0.15) is 13.2 Å². The number of hydrogen-bond donors (Lipinski definition) is 2. The van der Waals surface area contributed by atoms with Gasteiger partial charge in [0.05, 0.1) is 11.2 Å². The summed E-state index contributed by atoms with van der Waals surface area (Å²) in [5, 5.41) is 12.0. The number of carbonyl (C=O) groups excluding carboxylic acids is 1.